The van der Waals surface area contributed by atoms with Crippen molar-refractivity contribution in [3.63, 3.8) is 0 Å². The summed E-state index contributed by atoms with van der Waals surface area (Å²) < 4.78 is 3.80. The van der Waals surface area contributed by atoms with Crippen LogP contribution in [-0.2, 0) is 6.42 Å². The van der Waals surface area contributed by atoms with Gasteiger partial charge in [0.25, 0.3) is 0 Å². The molecule has 0 bridgehead atoms. The molecule has 24 heavy (non-hydrogen) atoms. The van der Waals surface area contributed by atoms with Crippen molar-refractivity contribution in [2.24, 2.45) is 0 Å². The maximum atomic E-state index is 11.0. The highest BCUT2D eigenvalue weighted by Crippen LogP contribution is 2.36. The van der Waals surface area contributed by atoms with Crippen molar-refractivity contribution in [1.82, 2.24) is 14.3 Å². The highest BCUT2D eigenvalue weighted by Gasteiger charge is 2.24. The lowest BCUT2D eigenvalue weighted by Gasteiger charge is -2.23. The molecule has 1 aliphatic rings. The van der Waals surface area contributed by atoms with Crippen molar-refractivity contribution in [2.45, 2.75) is 32.2 Å². The second-order valence-electron chi connectivity index (χ2n) is 6.22. The fraction of sp³-hybridized carbons (Fsp3) is 0.278. The summed E-state index contributed by atoms with van der Waals surface area (Å²) in [5, 5.41) is 23.7. The number of carboxylic acid groups (broad SMARTS) is 1. The lowest BCUT2D eigenvalue weighted by atomic mass is 10.0. The van der Waals surface area contributed by atoms with Gasteiger partial charge in [-0.25, -0.2) is 9.48 Å². The molecule has 2 aromatic heterocycles. The van der Waals surface area contributed by atoms with E-state index in [-0.39, 0.29) is 5.56 Å². The van der Waals surface area contributed by atoms with Gasteiger partial charge in [0.05, 0.1) is 23.0 Å². The van der Waals surface area contributed by atoms with E-state index in [0.717, 1.165) is 47.1 Å². The van der Waals surface area contributed by atoms with E-state index in [1.54, 1.807) is 0 Å². The van der Waals surface area contributed by atoms with Gasteiger partial charge in [0.2, 0.25) is 0 Å². The Morgan fingerprint density at radius 1 is 1.46 bits per heavy atom. The highest BCUT2D eigenvalue weighted by molar-refractivity contribution is 5.90. The van der Waals surface area contributed by atoms with E-state index in [1.807, 2.05) is 18.2 Å². The Hall–Kier alpha value is -3.07. The van der Waals surface area contributed by atoms with Crippen LogP contribution >= 0.6 is 0 Å². The van der Waals surface area contributed by atoms with Gasteiger partial charge in [0, 0.05) is 28.8 Å². The average molecular weight is 320 g/mol. The molecule has 0 saturated carbocycles. The SMILES string of the molecule is C[C@@H]1CCCc2c(C#N)c3cc(-n4cc(C(=O)O)cn4)ccc3n21. The minimum absolute atomic E-state index is 0.139. The van der Waals surface area contributed by atoms with Crippen LogP contribution in [0, 0.1) is 11.3 Å². The number of hydrogen-bond donors (Lipinski definition) is 1. The molecule has 0 spiro atoms. The van der Waals surface area contributed by atoms with Crippen molar-refractivity contribution in [2.75, 3.05) is 0 Å². The molecular weight excluding hydrogens is 304 g/mol. The van der Waals surface area contributed by atoms with Gasteiger partial charge in [0.1, 0.15) is 6.07 Å². The number of carbonyl (C=O) groups is 1. The fourth-order valence-electron chi connectivity index (χ4n) is 3.64. The number of aromatic carboxylic acids is 1. The Morgan fingerprint density at radius 2 is 2.29 bits per heavy atom. The zero-order chi connectivity index (χ0) is 16.8. The molecule has 0 radical (unpaired) electrons. The third-order valence-corrected chi connectivity index (χ3v) is 4.77. The number of nitriles is 1. The van der Waals surface area contributed by atoms with E-state index in [1.165, 1.54) is 17.1 Å². The molecular formula is C18H16N4O2. The van der Waals surface area contributed by atoms with Crippen molar-refractivity contribution >= 4 is 16.9 Å². The van der Waals surface area contributed by atoms with E-state index in [9.17, 15) is 10.1 Å². The zero-order valence-corrected chi connectivity index (χ0v) is 13.2. The van der Waals surface area contributed by atoms with Crippen molar-refractivity contribution in [3.8, 4) is 11.8 Å². The second-order valence-corrected chi connectivity index (χ2v) is 6.22. The largest absolute Gasteiger partial charge is 0.478 e. The molecule has 0 aliphatic carbocycles. The Labute approximate surface area is 138 Å². The monoisotopic (exact) mass is 320 g/mol. The van der Waals surface area contributed by atoms with Crippen molar-refractivity contribution in [3.05, 3.63) is 47.4 Å². The predicted octanol–water partition coefficient (Wildman–Crippen LogP) is 3.29. The first kappa shape index (κ1) is 14.5. The summed E-state index contributed by atoms with van der Waals surface area (Å²) in [6, 6.07) is 8.57. The summed E-state index contributed by atoms with van der Waals surface area (Å²) in [4.78, 5) is 11.0. The van der Waals surface area contributed by atoms with Gasteiger partial charge < -0.3 is 9.67 Å². The van der Waals surface area contributed by atoms with E-state index in [4.69, 9.17) is 5.11 Å². The molecule has 3 aromatic rings. The molecule has 1 N–H and O–H groups in total. The first-order valence-electron chi connectivity index (χ1n) is 7.95. The number of aromatic nitrogens is 3. The topological polar surface area (TPSA) is 83.8 Å². The number of fused-ring (bicyclic) bond motifs is 3. The van der Waals surface area contributed by atoms with Crippen LogP contribution in [0.3, 0.4) is 0 Å². The summed E-state index contributed by atoms with van der Waals surface area (Å²) >= 11 is 0. The Balaban J connectivity index is 1.92. The molecule has 3 heterocycles. The molecule has 0 fully saturated rings. The minimum atomic E-state index is -1.01. The smallest absolute Gasteiger partial charge is 0.338 e. The highest BCUT2D eigenvalue weighted by atomic mass is 16.4. The van der Waals surface area contributed by atoms with Gasteiger partial charge >= 0.3 is 5.97 Å². The maximum absolute atomic E-state index is 11.0. The van der Waals surface area contributed by atoms with Crippen LogP contribution in [0.4, 0.5) is 0 Å². The van der Waals surface area contributed by atoms with Crippen molar-refractivity contribution < 1.29 is 9.90 Å². The summed E-state index contributed by atoms with van der Waals surface area (Å²) in [7, 11) is 0. The van der Waals surface area contributed by atoms with Gasteiger partial charge in [-0.15, -0.1) is 0 Å². The van der Waals surface area contributed by atoms with E-state index >= 15 is 0 Å². The first-order chi connectivity index (χ1) is 11.6. The quantitative estimate of drug-likeness (QED) is 0.785. The predicted molar refractivity (Wildman–Crippen MR) is 88.4 cm³/mol. The van der Waals surface area contributed by atoms with Crippen LogP contribution in [0.1, 0.15) is 47.4 Å². The number of nitrogens with zero attached hydrogens (tertiary/aromatic N) is 4. The molecule has 4 rings (SSSR count). The van der Waals surface area contributed by atoms with E-state index in [0.29, 0.717) is 6.04 Å². The summed E-state index contributed by atoms with van der Waals surface area (Å²) in [5.41, 5.74) is 3.78. The van der Waals surface area contributed by atoms with Gasteiger partial charge in [-0.1, -0.05) is 0 Å². The maximum Gasteiger partial charge on any atom is 0.338 e. The van der Waals surface area contributed by atoms with Crippen LogP contribution in [0.25, 0.3) is 16.6 Å². The summed E-state index contributed by atoms with van der Waals surface area (Å²) in [6.07, 6.45) is 5.94. The number of rotatable bonds is 2. The van der Waals surface area contributed by atoms with Crippen LogP contribution in [-0.4, -0.2) is 25.4 Å². The standard InChI is InChI=1S/C18H16N4O2/c1-11-3-2-4-16-15(8-19)14-7-13(5-6-17(14)22(11)16)21-10-12(9-20-21)18(23)24/h5-7,9-11H,2-4H2,1H3,(H,23,24)/t11-/m1/s1. The fourth-order valence-corrected chi connectivity index (χ4v) is 3.64. The van der Waals surface area contributed by atoms with Crippen LogP contribution in [0.15, 0.2) is 30.6 Å². The normalized spacial score (nSPS) is 16.8. The zero-order valence-electron chi connectivity index (χ0n) is 13.2. The molecule has 1 aromatic carbocycles. The molecule has 0 unspecified atom stereocenters. The first-order valence-corrected chi connectivity index (χ1v) is 7.95. The Morgan fingerprint density at radius 3 is 3.00 bits per heavy atom. The minimum Gasteiger partial charge on any atom is -0.478 e. The number of carboxylic acids is 1. The molecule has 120 valence electrons. The second kappa shape index (κ2) is 5.24. The molecule has 1 atom stereocenters. The third-order valence-electron chi connectivity index (χ3n) is 4.77. The molecule has 6 heteroatoms. The Bertz CT molecular complexity index is 1010. The van der Waals surface area contributed by atoms with Crippen molar-refractivity contribution in [1.29, 1.82) is 5.26 Å². The number of hydrogen-bond acceptors (Lipinski definition) is 3. The molecule has 6 nitrogen and oxygen atoms in total. The Kier molecular flexibility index (Phi) is 3.17. The van der Waals surface area contributed by atoms with E-state index in [2.05, 4.69) is 22.7 Å². The van der Waals surface area contributed by atoms with Crippen LogP contribution in [0.2, 0.25) is 0 Å². The summed E-state index contributed by atoms with van der Waals surface area (Å²) in [6.45, 7) is 2.18. The van der Waals surface area contributed by atoms with Gasteiger partial charge in [0.15, 0.2) is 0 Å². The molecule has 0 saturated heterocycles. The molecule has 1 aliphatic heterocycles. The lowest BCUT2D eigenvalue weighted by molar-refractivity contribution is 0.0697. The lowest BCUT2D eigenvalue weighted by Crippen LogP contribution is -2.15. The summed E-state index contributed by atoms with van der Waals surface area (Å²) in [5.74, 6) is -1.01. The van der Waals surface area contributed by atoms with Gasteiger partial charge in [-0.3, -0.25) is 0 Å². The van der Waals surface area contributed by atoms with Crippen LogP contribution < -0.4 is 0 Å². The third kappa shape index (κ3) is 2.02. The van der Waals surface area contributed by atoms with Gasteiger partial charge in [-0.05, 0) is 44.4 Å². The average Bonchev–Trinajstić information content (AvgIpc) is 3.17. The molecule has 0 amide bonds. The van der Waals surface area contributed by atoms with E-state index < -0.39 is 5.97 Å². The van der Waals surface area contributed by atoms with Gasteiger partial charge in [-0.2, -0.15) is 10.4 Å². The number of benzene rings is 1. The van der Waals surface area contributed by atoms with Crippen LogP contribution in [0.5, 0.6) is 0 Å².